The second kappa shape index (κ2) is 8.17. The number of nitrogens with two attached hydrogens (primary N) is 1. The van der Waals surface area contributed by atoms with Gasteiger partial charge >= 0.3 is 0 Å². The van der Waals surface area contributed by atoms with Crippen molar-refractivity contribution in [1.29, 1.82) is 0 Å². The third-order valence-electron chi connectivity index (χ3n) is 7.14. The number of anilines is 2. The molecule has 0 radical (unpaired) electrons. The van der Waals surface area contributed by atoms with Gasteiger partial charge in [0.25, 0.3) is 0 Å². The van der Waals surface area contributed by atoms with Crippen molar-refractivity contribution < 1.29 is 13.6 Å². The maximum Gasteiger partial charge on any atom is 0.241 e. The largest absolute Gasteiger partial charge is 0.423 e. The first-order valence-corrected chi connectivity index (χ1v) is 11.7. The van der Waals surface area contributed by atoms with Crippen LogP contribution in [0, 0.1) is 0 Å². The molecule has 0 bridgehead atoms. The minimum absolute atomic E-state index is 0.324. The monoisotopic (exact) mass is 449 g/mol. The summed E-state index contributed by atoms with van der Waals surface area (Å²) in [6.45, 7) is 1.14. The molecule has 33 heavy (non-hydrogen) atoms. The van der Waals surface area contributed by atoms with Crippen molar-refractivity contribution >= 4 is 17.3 Å². The van der Waals surface area contributed by atoms with Gasteiger partial charge < -0.3 is 24.4 Å². The summed E-state index contributed by atoms with van der Waals surface area (Å²) in [6.07, 6.45) is 6.79. The van der Waals surface area contributed by atoms with E-state index in [0.717, 1.165) is 37.1 Å². The van der Waals surface area contributed by atoms with E-state index < -0.39 is 11.9 Å². The Morgan fingerprint density at radius 2 is 1.45 bits per heavy atom. The maximum atomic E-state index is 12.5. The van der Waals surface area contributed by atoms with Crippen molar-refractivity contribution in [3.05, 3.63) is 47.8 Å². The molecule has 3 heterocycles. The standard InChI is InChI=1S/C23H27N7O3/c24-21(31)18-11-29(12-19-25-27-22(32-19)14-5-3-6-14)16-9-1-2-10-17(16)30(18)13-20-26-28-23(33-20)15-7-4-8-15/h1-2,9-10,14-15,18H,3-8,11-13H2,(H2,24,31). The van der Waals surface area contributed by atoms with Crippen LogP contribution in [0.2, 0.25) is 0 Å². The van der Waals surface area contributed by atoms with Crippen molar-refractivity contribution in [3.63, 3.8) is 0 Å². The van der Waals surface area contributed by atoms with Gasteiger partial charge in [0.2, 0.25) is 29.5 Å². The fourth-order valence-corrected chi connectivity index (χ4v) is 4.75. The minimum atomic E-state index is -0.562. The normalized spacial score (nSPS) is 20.9. The van der Waals surface area contributed by atoms with Crippen LogP contribution in [0.3, 0.4) is 0 Å². The molecule has 2 aromatic heterocycles. The van der Waals surface area contributed by atoms with E-state index in [-0.39, 0.29) is 0 Å². The first-order valence-electron chi connectivity index (χ1n) is 11.7. The van der Waals surface area contributed by atoms with Gasteiger partial charge in [-0.05, 0) is 37.8 Å². The summed E-state index contributed by atoms with van der Waals surface area (Å²) in [4.78, 5) is 16.5. The minimum Gasteiger partial charge on any atom is -0.423 e. The summed E-state index contributed by atoms with van der Waals surface area (Å²) in [5.41, 5.74) is 7.71. The number of carbonyl (C=O) groups excluding carboxylic acids is 1. The molecule has 10 nitrogen and oxygen atoms in total. The molecule has 0 spiro atoms. The van der Waals surface area contributed by atoms with Crippen LogP contribution in [0.1, 0.15) is 73.9 Å². The van der Waals surface area contributed by atoms with E-state index in [4.69, 9.17) is 14.6 Å². The predicted octanol–water partition coefficient (Wildman–Crippen LogP) is 2.87. The summed E-state index contributed by atoms with van der Waals surface area (Å²) in [5, 5.41) is 17.0. The lowest BCUT2D eigenvalue weighted by atomic mass is 9.85. The molecule has 2 aliphatic carbocycles. The summed E-state index contributed by atoms with van der Waals surface area (Å²) in [7, 11) is 0. The molecule has 10 heteroatoms. The molecule has 172 valence electrons. The fraction of sp³-hybridized carbons (Fsp3) is 0.522. The number of hydrogen-bond donors (Lipinski definition) is 1. The van der Waals surface area contributed by atoms with Crippen LogP contribution in [0.5, 0.6) is 0 Å². The highest BCUT2D eigenvalue weighted by Crippen LogP contribution is 2.39. The number of aromatic nitrogens is 4. The summed E-state index contributed by atoms with van der Waals surface area (Å²) in [6, 6.07) is 7.37. The highest BCUT2D eigenvalue weighted by molar-refractivity contribution is 5.88. The van der Waals surface area contributed by atoms with Gasteiger partial charge in [0.15, 0.2) is 0 Å². The maximum absolute atomic E-state index is 12.5. The number of amides is 1. The summed E-state index contributed by atoms with van der Waals surface area (Å²) in [5.74, 6) is 2.79. The first kappa shape index (κ1) is 20.2. The lowest BCUT2D eigenvalue weighted by Crippen LogP contribution is -2.54. The third kappa shape index (κ3) is 3.73. The van der Waals surface area contributed by atoms with Gasteiger partial charge in [-0.3, -0.25) is 4.79 Å². The Kier molecular flexibility index (Phi) is 5.00. The van der Waals surface area contributed by atoms with Gasteiger partial charge in [-0.1, -0.05) is 25.0 Å². The number of fused-ring (bicyclic) bond motifs is 1. The molecule has 3 aliphatic rings. The average molecular weight is 450 g/mol. The van der Waals surface area contributed by atoms with Crippen LogP contribution in [-0.2, 0) is 17.9 Å². The number of primary amides is 1. The number of rotatable bonds is 7. The van der Waals surface area contributed by atoms with E-state index in [1.54, 1.807) is 0 Å². The summed E-state index contributed by atoms with van der Waals surface area (Å²) < 4.78 is 11.9. The topological polar surface area (TPSA) is 127 Å². The lowest BCUT2D eigenvalue weighted by molar-refractivity contribution is -0.119. The van der Waals surface area contributed by atoms with Crippen LogP contribution >= 0.6 is 0 Å². The van der Waals surface area contributed by atoms with E-state index in [2.05, 4.69) is 25.3 Å². The van der Waals surface area contributed by atoms with Crippen LogP contribution < -0.4 is 15.5 Å². The third-order valence-corrected chi connectivity index (χ3v) is 7.14. The highest BCUT2D eigenvalue weighted by atomic mass is 16.4. The Bertz CT molecular complexity index is 1150. The van der Waals surface area contributed by atoms with Gasteiger partial charge in [-0.15, -0.1) is 20.4 Å². The van der Waals surface area contributed by atoms with Crippen molar-refractivity contribution in [2.75, 3.05) is 16.3 Å². The highest BCUT2D eigenvalue weighted by Gasteiger charge is 2.36. The number of nitrogens with zero attached hydrogens (tertiary/aromatic N) is 6. The molecule has 0 saturated heterocycles. The van der Waals surface area contributed by atoms with Gasteiger partial charge in [0.05, 0.1) is 24.5 Å². The molecular weight excluding hydrogens is 422 g/mol. The Labute approximate surface area is 191 Å². The van der Waals surface area contributed by atoms with Crippen molar-refractivity contribution in [2.24, 2.45) is 5.73 Å². The molecule has 2 saturated carbocycles. The Balaban J connectivity index is 1.26. The van der Waals surface area contributed by atoms with E-state index in [9.17, 15) is 4.79 Å². The molecule has 1 aliphatic heterocycles. The zero-order valence-corrected chi connectivity index (χ0v) is 18.4. The predicted molar refractivity (Wildman–Crippen MR) is 118 cm³/mol. The Hall–Kier alpha value is -3.43. The summed E-state index contributed by atoms with van der Waals surface area (Å²) >= 11 is 0. The van der Waals surface area contributed by atoms with E-state index in [0.29, 0.717) is 55.0 Å². The smallest absolute Gasteiger partial charge is 0.241 e. The lowest BCUT2D eigenvalue weighted by Gasteiger charge is -2.42. The molecular formula is C23H27N7O3. The second-order valence-electron chi connectivity index (χ2n) is 9.24. The number of carbonyl (C=O) groups is 1. The van der Waals surface area contributed by atoms with Crippen molar-refractivity contribution in [3.8, 4) is 0 Å². The van der Waals surface area contributed by atoms with Gasteiger partial charge in [0.1, 0.15) is 6.04 Å². The Morgan fingerprint density at radius 1 is 0.879 bits per heavy atom. The molecule has 6 rings (SSSR count). The van der Waals surface area contributed by atoms with E-state index in [1.165, 1.54) is 12.8 Å². The molecule has 1 atom stereocenters. The number of benzene rings is 1. The number of para-hydroxylation sites is 2. The van der Waals surface area contributed by atoms with Crippen LogP contribution in [0.15, 0.2) is 33.1 Å². The molecule has 3 aromatic rings. The molecule has 2 fully saturated rings. The van der Waals surface area contributed by atoms with E-state index >= 15 is 0 Å². The van der Waals surface area contributed by atoms with Crippen molar-refractivity contribution in [2.45, 2.75) is 69.5 Å². The zero-order chi connectivity index (χ0) is 22.4. The Morgan fingerprint density at radius 3 is 2.00 bits per heavy atom. The quantitative estimate of drug-likeness (QED) is 0.579. The van der Waals surface area contributed by atoms with E-state index in [1.807, 2.05) is 29.2 Å². The zero-order valence-electron chi connectivity index (χ0n) is 18.4. The van der Waals surface area contributed by atoms with Crippen LogP contribution in [0.4, 0.5) is 11.4 Å². The van der Waals surface area contributed by atoms with Crippen LogP contribution in [-0.4, -0.2) is 38.9 Å². The van der Waals surface area contributed by atoms with Gasteiger partial charge in [0, 0.05) is 18.4 Å². The molecule has 1 amide bonds. The second-order valence-corrected chi connectivity index (χ2v) is 9.24. The van der Waals surface area contributed by atoms with Crippen LogP contribution in [0.25, 0.3) is 0 Å². The fourth-order valence-electron chi connectivity index (χ4n) is 4.75. The molecule has 2 N–H and O–H groups in total. The molecule has 1 aromatic carbocycles. The van der Waals surface area contributed by atoms with Gasteiger partial charge in [-0.25, -0.2) is 0 Å². The van der Waals surface area contributed by atoms with Gasteiger partial charge in [-0.2, -0.15) is 0 Å². The average Bonchev–Trinajstić information content (AvgIpc) is 3.37. The molecule has 1 unspecified atom stereocenters. The number of hydrogen-bond acceptors (Lipinski definition) is 9. The SMILES string of the molecule is NC(=O)C1CN(Cc2nnc(C3CCC3)o2)c2ccccc2N1Cc1nnc(C2CCC2)o1. The first-order chi connectivity index (χ1) is 16.2. The van der Waals surface area contributed by atoms with Crippen molar-refractivity contribution in [1.82, 2.24) is 20.4 Å².